The van der Waals surface area contributed by atoms with Gasteiger partial charge >= 0.3 is 0 Å². The summed E-state index contributed by atoms with van der Waals surface area (Å²) in [6.07, 6.45) is -0.653. The van der Waals surface area contributed by atoms with Crippen LogP contribution < -0.4 is 5.73 Å². The molecule has 0 radical (unpaired) electrons. The zero-order valence-electron chi connectivity index (χ0n) is 9.76. The molecule has 0 saturated heterocycles. The van der Waals surface area contributed by atoms with E-state index in [9.17, 15) is 9.90 Å². The van der Waals surface area contributed by atoms with Crippen molar-refractivity contribution in [3.8, 4) is 0 Å². The van der Waals surface area contributed by atoms with Crippen LogP contribution >= 0.6 is 0 Å². The van der Waals surface area contributed by atoms with E-state index in [0.717, 1.165) is 5.56 Å². The first-order valence-corrected chi connectivity index (χ1v) is 5.56. The molecule has 2 unspecified atom stereocenters. The van der Waals surface area contributed by atoms with E-state index in [4.69, 9.17) is 5.73 Å². The maximum Gasteiger partial charge on any atom is 0.259 e. The van der Waals surface area contributed by atoms with Gasteiger partial charge in [0.15, 0.2) is 0 Å². The van der Waals surface area contributed by atoms with Crippen LogP contribution in [0.1, 0.15) is 22.8 Å². The number of aliphatic hydroxyl groups is 1. The topological polar surface area (TPSA) is 66.6 Å². The van der Waals surface area contributed by atoms with Crippen molar-refractivity contribution in [3.63, 3.8) is 0 Å². The first kappa shape index (κ1) is 11.8. The third-order valence-corrected chi connectivity index (χ3v) is 3.05. The first-order chi connectivity index (χ1) is 8.02. The predicted molar refractivity (Wildman–Crippen MR) is 66.2 cm³/mol. The fourth-order valence-corrected chi connectivity index (χ4v) is 1.89. The quantitative estimate of drug-likeness (QED) is 0.811. The molecule has 90 valence electrons. The number of hydrogen-bond acceptors (Lipinski definition) is 3. The van der Waals surface area contributed by atoms with E-state index in [2.05, 4.69) is 6.58 Å². The summed E-state index contributed by atoms with van der Waals surface area (Å²) in [6, 6.07) is 6.86. The van der Waals surface area contributed by atoms with Crippen LogP contribution in [0.4, 0.5) is 0 Å². The van der Waals surface area contributed by atoms with Crippen LogP contribution in [0.5, 0.6) is 0 Å². The third kappa shape index (κ3) is 1.97. The normalized spacial score (nSPS) is 18.2. The van der Waals surface area contributed by atoms with Gasteiger partial charge in [-0.25, -0.2) is 0 Å². The van der Waals surface area contributed by atoms with Gasteiger partial charge in [-0.1, -0.05) is 24.8 Å². The van der Waals surface area contributed by atoms with Gasteiger partial charge < -0.3 is 15.7 Å². The number of fused-ring (bicyclic) bond motifs is 1. The Morgan fingerprint density at radius 3 is 2.53 bits per heavy atom. The Bertz CT molecular complexity index is 433. The summed E-state index contributed by atoms with van der Waals surface area (Å²) in [5.74, 6) is -0.0956. The van der Waals surface area contributed by atoms with Gasteiger partial charge in [0.1, 0.15) is 0 Å². The second-order valence-electron chi connectivity index (χ2n) is 4.31. The zero-order chi connectivity index (χ0) is 12.6. The van der Waals surface area contributed by atoms with Gasteiger partial charge in [0.2, 0.25) is 0 Å². The van der Waals surface area contributed by atoms with Crippen molar-refractivity contribution >= 4 is 11.6 Å². The molecule has 0 spiro atoms. The molecule has 1 amide bonds. The fraction of sp³-hybridized carbons (Fsp3) is 0.308. The molecular formula is C13H16N2O2. The highest BCUT2D eigenvalue weighted by molar-refractivity contribution is 6.08. The minimum Gasteiger partial charge on any atom is -0.392 e. The maximum atomic E-state index is 12.1. The fourth-order valence-electron chi connectivity index (χ4n) is 1.89. The molecule has 0 fully saturated rings. The predicted octanol–water partition coefficient (Wildman–Crippen LogP) is 0.821. The first-order valence-electron chi connectivity index (χ1n) is 5.56. The number of carbonyl (C=O) groups excluding carboxylic acids is 1. The maximum absolute atomic E-state index is 12.1. The Morgan fingerprint density at radius 1 is 1.41 bits per heavy atom. The summed E-state index contributed by atoms with van der Waals surface area (Å²) >= 11 is 0. The lowest BCUT2D eigenvalue weighted by atomic mass is 10.1. The van der Waals surface area contributed by atoms with Gasteiger partial charge in [-0.15, -0.1) is 0 Å². The smallest absolute Gasteiger partial charge is 0.259 e. The molecule has 0 saturated carbocycles. The van der Waals surface area contributed by atoms with Crippen LogP contribution in [0, 0.1) is 0 Å². The highest BCUT2D eigenvalue weighted by Gasteiger charge is 2.32. The average Bonchev–Trinajstić information content (AvgIpc) is 2.55. The number of benzene rings is 1. The number of nitrogens with zero attached hydrogens (tertiary/aromatic N) is 1. The van der Waals surface area contributed by atoms with Crippen LogP contribution in [-0.2, 0) is 0 Å². The van der Waals surface area contributed by atoms with Crippen LogP contribution in [-0.4, -0.2) is 34.6 Å². The monoisotopic (exact) mass is 232 g/mol. The Balaban J connectivity index is 2.25. The summed E-state index contributed by atoms with van der Waals surface area (Å²) < 4.78 is 0. The molecule has 3 N–H and O–H groups in total. The number of amides is 1. The molecule has 1 aliphatic rings. The van der Waals surface area contributed by atoms with Crippen LogP contribution in [0.3, 0.4) is 0 Å². The van der Waals surface area contributed by atoms with Crippen LogP contribution in [0.25, 0.3) is 5.70 Å². The highest BCUT2D eigenvalue weighted by atomic mass is 16.3. The molecule has 2 atom stereocenters. The average molecular weight is 232 g/mol. The Kier molecular flexibility index (Phi) is 3.00. The lowest BCUT2D eigenvalue weighted by molar-refractivity contribution is 0.0812. The summed E-state index contributed by atoms with van der Waals surface area (Å²) in [4.78, 5) is 13.6. The number of nitrogens with two attached hydrogens (primary N) is 1. The summed E-state index contributed by atoms with van der Waals surface area (Å²) in [7, 11) is 0. The summed E-state index contributed by atoms with van der Waals surface area (Å²) in [5.41, 5.74) is 7.92. The van der Waals surface area contributed by atoms with Crippen LogP contribution in [0.2, 0.25) is 0 Å². The van der Waals surface area contributed by atoms with E-state index in [1.54, 1.807) is 13.0 Å². The molecule has 1 aliphatic heterocycles. The van der Waals surface area contributed by atoms with Crippen molar-refractivity contribution in [1.82, 2.24) is 4.90 Å². The van der Waals surface area contributed by atoms with E-state index in [-0.39, 0.29) is 12.5 Å². The molecule has 1 heterocycles. The molecule has 17 heavy (non-hydrogen) atoms. The van der Waals surface area contributed by atoms with Crippen molar-refractivity contribution in [2.75, 3.05) is 6.54 Å². The lowest BCUT2D eigenvalue weighted by Crippen LogP contribution is -2.43. The highest BCUT2D eigenvalue weighted by Crippen LogP contribution is 2.30. The van der Waals surface area contributed by atoms with Gasteiger partial charge in [0.05, 0.1) is 6.10 Å². The third-order valence-electron chi connectivity index (χ3n) is 3.05. The molecule has 1 aromatic rings. The van der Waals surface area contributed by atoms with Crippen molar-refractivity contribution in [3.05, 3.63) is 42.0 Å². The summed E-state index contributed by atoms with van der Waals surface area (Å²) in [5, 5.41) is 9.38. The van der Waals surface area contributed by atoms with Gasteiger partial charge in [0, 0.05) is 29.4 Å². The van der Waals surface area contributed by atoms with Crippen molar-refractivity contribution < 1.29 is 9.90 Å². The number of carbonyl (C=O) groups is 1. The largest absolute Gasteiger partial charge is 0.392 e. The van der Waals surface area contributed by atoms with Gasteiger partial charge in [-0.3, -0.25) is 4.79 Å². The van der Waals surface area contributed by atoms with E-state index >= 15 is 0 Å². The molecule has 0 aromatic heterocycles. The van der Waals surface area contributed by atoms with E-state index in [1.807, 2.05) is 18.2 Å². The van der Waals surface area contributed by atoms with Crippen molar-refractivity contribution in [2.45, 2.75) is 19.1 Å². The second kappa shape index (κ2) is 4.31. The Hall–Kier alpha value is -1.65. The van der Waals surface area contributed by atoms with E-state index in [0.29, 0.717) is 11.3 Å². The minimum atomic E-state index is -0.653. The summed E-state index contributed by atoms with van der Waals surface area (Å²) in [6.45, 7) is 5.80. The Labute approximate surface area is 100 Å². The van der Waals surface area contributed by atoms with E-state index in [1.165, 1.54) is 4.90 Å². The van der Waals surface area contributed by atoms with Crippen molar-refractivity contribution in [2.24, 2.45) is 5.73 Å². The van der Waals surface area contributed by atoms with E-state index < -0.39 is 12.1 Å². The SMILES string of the molecule is C=C1c2ccccc2C(=O)N1CC(N)C(C)O. The molecule has 0 bridgehead atoms. The van der Waals surface area contributed by atoms with Crippen molar-refractivity contribution in [1.29, 1.82) is 0 Å². The molecule has 4 heteroatoms. The van der Waals surface area contributed by atoms with Gasteiger partial charge in [0.25, 0.3) is 5.91 Å². The molecular weight excluding hydrogens is 216 g/mol. The molecule has 0 aliphatic carbocycles. The van der Waals surface area contributed by atoms with Gasteiger partial charge in [-0.05, 0) is 13.0 Å². The standard InChI is InChI=1S/C13H16N2O2/c1-8-10-5-3-4-6-11(10)13(17)15(8)7-12(14)9(2)16/h3-6,9,12,16H,1,7,14H2,2H3. The zero-order valence-corrected chi connectivity index (χ0v) is 9.76. The van der Waals surface area contributed by atoms with Crippen LogP contribution in [0.15, 0.2) is 30.8 Å². The minimum absolute atomic E-state index is 0.0956. The number of aliphatic hydroxyl groups excluding tert-OH is 1. The van der Waals surface area contributed by atoms with Gasteiger partial charge in [-0.2, -0.15) is 0 Å². The Morgan fingerprint density at radius 2 is 2.00 bits per heavy atom. The molecule has 4 nitrogen and oxygen atoms in total. The number of rotatable bonds is 3. The molecule has 2 rings (SSSR count). The second-order valence-corrected chi connectivity index (χ2v) is 4.31. The molecule has 1 aromatic carbocycles. The lowest BCUT2D eigenvalue weighted by Gasteiger charge is -2.23. The number of hydrogen-bond donors (Lipinski definition) is 2.